The third kappa shape index (κ3) is 3.77. The fourth-order valence-corrected chi connectivity index (χ4v) is 3.39. The number of carbonyl (C=O) groups excluding carboxylic acids is 1. The zero-order valence-corrected chi connectivity index (χ0v) is 15.2. The number of amides is 1. The molecule has 0 saturated heterocycles. The zero-order valence-electron chi connectivity index (χ0n) is 13.6. The lowest BCUT2D eigenvalue weighted by molar-refractivity contribution is 0.0950. The molecule has 0 radical (unpaired) electrons. The zero-order chi connectivity index (χ0) is 17.1. The Hall–Kier alpha value is -2.32. The first-order valence-electron chi connectivity index (χ1n) is 7.33. The van der Waals surface area contributed by atoms with Gasteiger partial charge in [-0.05, 0) is 30.6 Å². The second-order valence-electron chi connectivity index (χ2n) is 5.41. The largest absolute Gasteiger partial charge is 0.346 e. The molecule has 0 atom stereocenters. The number of thiazole rings is 1. The van der Waals surface area contributed by atoms with Crippen molar-refractivity contribution in [1.29, 1.82) is 0 Å². The Labute approximate surface area is 148 Å². The van der Waals surface area contributed by atoms with Gasteiger partial charge >= 0.3 is 0 Å². The van der Waals surface area contributed by atoms with Crippen LogP contribution in [0.4, 0.5) is 5.95 Å². The van der Waals surface area contributed by atoms with Crippen LogP contribution in [-0.2, 0) is 6.54 Å². The Bertz CT molecular complexity index is 838. The number of nitrogens with one attached hydrogen (secondary N) is 1. The number of aromatic nitrogens is 3. The Morgan fingerprint density at radius 3 is 2.54 bits per heavy atom. The summed E-state index contributed by atoms with van der Waals surface area (Å²) < 4.78 is 4.29. The van der Waals surface area contributed by atoms with Crippen molar-refractivity contribution in [3.63, 3.8) is 0 Å². The molecule has 0 aliphatic rings. The quantitative estimate of drug-likeness (QED) is 0.758. The number of nitrogens with zero attached hydrogens (tertiary/aromatic N) is 4. The Morgan fingerprint density at radius 1 is 1.21 bits per heavy atom. The van der Waals surface area contributed by atoms with Crippen molar-refractivity contribution in [3.8, 4) is 10.6 Å². The molecule has 0 aliphatic heterocycles. The SMILES string of the molecule is Cc1nc(CNC(=O)c2ccc(-c3nc(N(C)C)ns3)cc2)cs1. The molecule has 1 amide bonds. The van der Waals surface area contributed by atoms with E-state index >= 15 is 0 Å². The minimum absolute atomic E-state index is 0.113. The average Bonchev–Trinajstić information content (AvgIpc) is 3.22. The second-order valence-corrected chi connectivity index (χ2v) is 7.23. The molecule has 6 nitrogen and oxygen atoms in total. The molecule has 24 heavy (non-hydrogen) atoms. The number of anilines is 1. The molecule has 124 valence electrons. The summed E-state index contributed by atoms with van der Waals surface area (Å²) in [7, 11) is 3.81. The second kappa shape index (κ2) is 7.06. The van der Waals surface area contributed by atoms with E-state index in [-0.39, 0.29) is 5.91 Å². The lowest BCUT2D eigenvalue weighted by Gasteiger charge is -2.05. The van der Waals surface area contributed by atoms with Gasteiger partial charge in [0.05, 0.1) is 17.2 Å². The summed E-state index contributed by atoms with van der Waals surface area (Å²) in [6.45, 7) is 2.39. The van der Waals surface area contributed by atoms with Crippen LogP contribution in [0, 0.1) is 6.92 Å². The van der Waals surface area contributed by atoms with E-state index in [1.165, 1.54) is 11.5 Å². The Balaban J connectivity index is 1.65. The summed E-state index contributed by atoms with van der Waals surface area (Å²) in [5.41, 5.74) is 2.45. The summed E-state index contributed by atoms with van der Waals surface area (Å²) in [5.74, 6) is 0.578. The highest BCUT2D eigenvalue weighted by Crippen LogP contribution is 2.24. The highest BCUT2D eigenvalue weighted by molar-refractivity contribution is 7.09. The molecule has 0 bridgehead atoms. The van der Waals surface area contributed by atoms with Crippen LogP contribution in [-0.4, -0.2) is 34.3 Å². The van der Waals surface area contributed by atoms with Crippen molar-refractivity contribution >= 4 is 34.7 Å². The molecule has 0 saturated carbocycles. The molecule has 1 N–H and O–H groups in total. The molecule has 0 aliphatic carbocycles. The van der Waals surface area contributed by atoms with Crippen molar-refractivity contribution < 1.29 is 4.79 Å². The summed E-state index contributed by atoms with van der Waals surface area (Å²) in [6.07, 6.45) is 0. The smallest absolute Gasteiger partial charge is 0.251 e. The monoisotopic (exact) mass is 359 g/mol. The van der Waals surface area contributed by atoms with Gasteiger partial charge in [0.1, 0.15) is 5.01 Å². The average molecular weight is 359 g/mol. The molecular weight excluding hydrogens is 342 g/mol. The van der Waals surface area contributed by atoms with E-state index in [9.17, 15) is 4.79 Å². The van der Waals surface area contributed by atoms with Crippen molar-refractivity contribution in [2.45, 2.75) is 13.5 Å². The van der Waals surface area contributed by atoms with Crippen molar-refractivity contribution in [2.75, 3.05) is 19.0 Å². The van der Waals surface area contributed by atoms with Gasteiger partial charge in [-0.25, -0.2) is 4.98 Å². The standard InChI is InChI=1S/C16H17N5OS2/c1-10-18-13(9-23-10)8-17-14(22)11-4-6-12(7-5-11)15-19-16(20-24-15)21(2)3/h4-7,9H,8H2,1-3H3,(H,17,22). The van der Waals surface area contributed by atoms with Crippen LogP contribution in [0.25, 0.3) is 10.6 Å². The van der Waals surface area contributed by atoms with Crippen molar-refractivity contribution in [1.82, 2.24) is 19.7 Å². The van der Waals surface area contributed by atoms with Gasteiger partial charge in [-0.1, -0.05) is 12.1 Å². The van der Waals surface area contributed by atoms with Crippen LogP contribution in [0.5, 0.6) is 0 Å². The first kappa shape index (κ1) is 16.5. The summed E-state index contributed by atoms with van der Waals surface area (Å²) in [5, 5.41) is 6.67. The number of aryl methyl sites for hydroxylation is 1. The van der Waals surface area contributed by atoms with Crippen LogP contribution in [0.15, 0.2) is 29.6 Å². The first-order chi connectivity index (χ1) is 11.5. The van der Waals surface area contributed by atoms with Crippen LogP contribution in [0.3, 0.4) is 0 Å². The number of hydrogen-bond acceptors (Lipinski definition) is 7. The van der Waals surface area contributed by atoms with E-state index in [2.05, 4.69) is 19.7 Å². The highest BCUT2D eigenvalue weighted by atomic mass is 32.1. The van der Waals surface area contributed by atoms with Gasteiger partial charge < -0.3 is 10.2 Å². The highest BCUT2D eigenvalue weighted by Gasteiger charge is 2.10. The minimum atomic E-state index is -0.113. The van der Waals surface area contributed by atoms with Crippen LogP contribution >= 0.6 is 22.9 Å². The summed E-state index contributed by atoms with van der Waals surface area (Å²) in [4.78, 5) is 22.9. The Kier molecular flexibility index (Phi) is 4.86. The number of rotatable bonds is 5. The van der Waals surface area contributed by atoms with Gasteiger partial charge in [-0.15, -0.1) is 11.3 Å². The lowest BCUT2D eigenvalue weighted by Crippen LogP contribution is -2.22. The minimum Gasteiger partial charge on any atom is -0.346 e. The lowest BCUT2D eigenvalue weighted by atomic mass is 10.1. The van der Waals surface area contributed by atoms with Crippen molar-refractivity contribution in [2.24, 2.45) is 0 Å². The van der Waals surface area contributed by atoms with Crippen molar-refractivity contribution in [3.05, 3.63) is 45.9 Å². The molecule has 1 aromatic carbocycles. The summed E-state index contributed by atoms with van der Waals surface area (Å²) in [6, 6.07) is 7.38. The maximum atomic E-state index is 12.2. The van der Waals surface area contributed by atoms with E-state index in [1.807, 2.05) is 43.4 Å². The van der Waals surface area contributed by atoms with Crippen LogP contribution in [0.2, 0.25) is 0 Å². The first-order valence-corrected chi connectivity index (χ1v) is 8.99. The fraction of sp³-hybridized carbons (Fsp3) is 0.250. The van der Waals surface area contributed by atoms with E-state index in [0.29, 0.717) is 18.1 Å². The molecule has 8 heteroatoms. The van der Waals surface area contributed by atoms with Gasteiger partial charge in [0, 0.05) is 30.6 Å². The molecule has 0 unspecified atom stereocenters. The molecule has 3 aromatic rings. The third-order valence-electron chi connectivity index (χ3n) is 3.31. The van der Waals surface area contributed by atoms with Crippen LogP contribution in [0.1, 0.15) is 21.1 Å². The van der Waals surface area contributed by atoms with E-state index in [4.69, 9.17) is 0 Å². The number of benzene rings is 1. The van der Waals surface area contributed by atoms with Gasteiger partial charge in [-0.2, -0.15) is 9.36 Å². The maximum Gasteiger partial charge on any atom is 0.251 e. The molecular formula is C16H17N5OS2. The molecule has 2 heterocycles. The van der Waals surface area contributed by atoms with E-state index in [0.717, 1.165) is 21.3 Å². The normalized spacial score (nSPS) is 10.6. The number of carbonyl (C=O) groups is 1. The third-order valence-corrected chi connectivity index (χ3v) is 4.88. The van der Waals surface area contributed by atoms with Gasteiger partial charge in [0.25, 0.3) is 5.91 Å². The molecule has 3 rings (SSSR count). The van der Waals surface area contributed by atoms with Gasteiger partial charge in [0.15, 0.2) is 0 Å². The van der Waals surface area contributed by atoms with Gasteiger partial charge in [0.2, 0.25) is 5.95 Å². The van der Waals surface area contributed by atoms with Crippen LogP contribution < -0.4 is 10.2 Å². The fourth-order valence-electron chi connectivity index (χ4n) is 2.04. The summed E-state index contributed by atoms with van der Waals surface area (Å²) >= 11 is 2.92. The van der Waals surface area contributed by atoms with E-state index in [1.54, 1.807) is 23.5 Å². The molecule has 0 spiro atoms. The molecule has 2 aromatic heterocycles. The number of hydrogen-bond donors (Lipinski definition) is 1. The predicted molar refractivity (Wildman–Crippen MR) is 97.7 cm³/mol. The predicted octanol–water partition coefficient (Wildman–Crippen LogP) is 2.97. The topological polar surface area (TPSA) is 71.0 Å². The van der Waals surface area contributed by atoms with Gasteiger partial charge in [-0.3, -0.25) is 4.79 Å². The molecule has 0 fully saturated rings. The van der Waals surface area contributed by atoms with E-state index < -0.39 is 0 Å². The Morgan fingerprint density at radius 2 is 1.96 bits per heavy atom. The maximum absolute atomic E-state index is 12.2.